The number of benzene rings is 1. The van der Waals surface area contributed by atoms with Gasteiger partial charge >= 0.3 is 0 Å². The Labute approximate surface area is 154 Å². The summed E-state index contributed by atoms with van der Waals surface area (Å²) in [5, 5.41) is 3.23. The van der Waals surface area contributed by atoms with Crippen molar-refractivity contribution in [2.75, 3.05) is 26.7 Å². The lowest BCUT2D eigenvalue weighted by Gasteiger charge is -2.34. The number of carbonyl (C=O) groups excluding carboxylic acids is 1. The molecule has 0 spiro atoms. The second-order valence-corrected chi connectivity index (χ2v) is 8.00. The van der Waals surface area contributed by atoms with Crippen LogP contribution in [0.3, 0.4) is 0 Å². The van der Waals surface area contributed by atoms with Gasteiger partial charge in [-0.2, -0.15) is 0 Å². The predicted molar refractivity (Wildman–Crippen MR) is 97.0 cm³/mol. The van der Waals surface area contributed by atoms with Gasteiger partial charge in [-0.1, -0.05) is 0 Å². The van der Waals surface area contributed by atoms with E-state index in [-0.39, 0.29) is 41.0 Å². The quantitative estimate of drug-likeness (QED) is 0.784. The maximum Gasteiger partial charge on any atom is 0.254 e. The summed E-state index contributed by atoms with van der Waals surface area (Å²) >= 11 is 0. The van der Waals surface area contributed by atoms with Gasteiger partial charge in [0.1, 0.15) is 10.6 Å². The van der Waals surface area contributed by atoms with Crippen molar-refractivity contribution in [2.45, 2.75) is 36.7 Å². The fourth-order valence-corrected chi connectivity index (χ4v) is 4.31. The van der Waals surface area contributed by atoms with Gasteiger partial charge in [0.2, 0.25) is 10.0 Å². The number of hydrogen-bond acceptors (Lipinski definition) is 5. The number of rotatable bonds is 5. The minimum absolute atomic E-state index is 0. The second kappa shape index (κ2) is 7.90. The third kappa shape index (κ3) is 4.44. The number of ether oxygens (including phenoxy) is 1. The van der Waals surface area contributed by atoms with Crippen LogP contribution in [0.5, 0.6) is 5.75 Å². The number of amides is 1. The fraction of sp³-hybridized carbons (Fsp3) is 0.562. The lowest BCUT2D eigenvalue weighted by atomic mass is 10.1. The highest BCUT2D eigenvalue weighted by molar-refractivity contribution is 7.89. The van der Waals surface area contributed by atoms with Crippen LogP contribution in [0.4, 0.5) is 0 Å². The molecule has 1 amide bonds. The van der Waals surface area contributed by atoms with Gasteiger partial charge in [0.15, 0.2) is 0 Å². The zero-order chi connectivity index (χ0) is 17.3. The van der Waals surface area contributed by atoms with Crippen molar-refractivity contribution in [3.8, 4) is 5.75 Å². The number of piperazine rings is 1. The van der Waals surface area contributed by atoms with E-state index in [2.05, 4.69) is 10.0 Å². The standard InChI is InChI=1S/C16H23N3O4S.ClH/c1-11-10-17-7-8-19(11)16(20)12-3-6-14(23-2)15(9-12)24(21,22)18-13-4-5-13;/h3,6,9,11,13,17-18H,4-5,7-8,10H2,1-2H3;1H/t11-;/m0./s1. The molecule has 1 aromatic carbocycles. The van der Waals surface area contributed by atoms with Gasteiger partial charge in [0, 0.05) is 37.3 Å². The number of hydrogen-bond donors (Lipinski definition) is 2. The molecule has 2 aliphatic rings. The molecule has 2 fully saturated rings. The summed E-state index contributed by atoms with van der Waals surface area (Å²) < 4.78 is 32.9. The Kier molecular flexibility index (Phi) is 6.31. The number of nitrogens with one attached hydrogen (secondary N) is 2. The molecule has 3 rings (SSSR count). The lowest BCUT2D eigenvalue weighted by molar-refractivity contribution is 0.0655. The number of halogens is 1. The number of methoxy groups -OCH3 is 1. The predicted octanol–water partition coefficient (Wildman–Crippen LogP) is 0.992. The minimum atomic E-state index is -3.70. The molecule has 2 N–H and O–H groups in total. The largest absolute Gasteiger partial charge is 0.495 e. The van der Waals surface area contributed by atoms with Gasteiger partial charge in [-0.15, -0.1) is 12.4 Å². The van der Waals surface area contributed by atoms with E-state index in [1.165, 1.54) is 13.2 Å². The first kappa shape index (κ1) is 20.0. The van der Waals surface area contributed by atoms with Crippen molar-refractivity contribution in [3.05, 3.63) is 23.8 Å². The van der Waals surface area contributed by atoms with E-state index in [0.717, 1.165) is 25.9 Å². The molecule has 1 saturated carbocycles. The van der Waals surface area contributed by atoms with Crippen LogP contribution in [0.1, 0.15) is 30.1 Å². The molecule has 0 radical (unpaired) electrons. The normalized spacial score (nSPS) is 20.7. The zero-order valence-corrected chi connectivity index (χ0v) is 16.0. The summed E-state index contributed by atoms with van der Waals surface area (Å²) in [6.07, 6.45) is 1.69. The molecule has 9 heteroatoms. The lowest BCUT2D eigenvalue weighted by Crippen LogP contribution is -2.52. The van der Waals surface area contributed by atoms with Crippen LogP contribution in [-0.2, 0) is 10.0 Å². The van der Waals surface area contributed by atoms with Crippen molar-refractivity contribution in [1.82, 2.24) is 14.9 Å². The average molecular weight is 390 g/mol. The Hall–Kier alpha value is -1.35. The van der Waals surface area contributed by atoms with Crippen LogP contribution in [0.2, 0.25) is 0 Å². The Morgan fingerprint density at radius 2 is 2.08 bits per heavy atom. The fourth-order valence-electron chi connectivity index (χ4n) is 2.81. The van der Waals surface area contributed by atoms with Crippen molar-refractivity contribution < 1.29 is 17.9 Å². The van der Waals surface area contributed by atoms with E-state index in [1.807, 2.05) is 6.92 Å². The summed E-state index contributed by atoms with van der Waals surface area (Å²) in [5.74, 6) is 0.0857. The number of sulfonamides is 1. The first-order valence-corrected chi connectivity index (χ1v) is 9.63. The number of carbonyl (C=O) groups is 1. The molecule has 1 aliphatic heterocycles. The molecule has 1 aliphatic carbocycles. The van der Waals surface area contributed by atoms with Gasteiger partial charge in [-0.25, -0.2) is 13.1 Å². The van der Waals surface area contributed by atoms with Gasteiger partial charge in [0.05, 0.1) is 7.11 Å². The smallest absolute Gasteiger partial charge is 0.254 e. The Morgan fingerprint density at radius 3 is 2.68 bits per heavy atom. The minimum Gasteiger partial charge on any atom is -0.495 e. The molecule has 0 bridgehead atoms. The van der Waals surface area contributed by atoms with Crippen molar-refractivity contribution in [1.29, 1.82) is 0 Å². The van der Waals surface area contributed by atoms with Crippen molar-refractivity contribution in [2.24, 2.45) is 0 Å². The van der Waals surface area contributed by atoms with E-state index < -0.39 is 10.0 Å². The molecule has 1 atom stereocenters. The van der Waals surface area contributed by atoms with Gasteiger partial charge in [0.25, 0.3) is 5.91 Å². The molecule has 1 saturated heterocycles. The SMILES string of the molecule is COc1ccc(C(=O)N2CCNC[C@@H]2C)cc1S(=O)(=O)NC1CC1.Cl. The highest BCUT2D eigenvalue weighted by atomic mass is 35.5. The van der Waals surface area contributed by atoms with Gasteiger partial charge in [-0.3, -0.25) is 4.79 Å². The summed E-state index contributed by atoms with van der Waals surface area (Å²) in [6, 6.07) is 4.64. The van der Waals surface area contributed by atoms with E-state index in [9.17, 15) is 13.2 Å². The third-order valence-electron chi connectivity index (χ3n) is 4.36. The molecular formula is C16H24ClN3O4S. The van der Waals surface area contributed by atoms with E-state index >= 15 is 0 Å². The van der Waals surface area contributed by atoms with Crippen LogP contribution in [0.25, 0.3) is 0 Å². The summed E-state index contributed by atoms with van der Waals surface area (Å²) in [6.45, 7) is 4.05. The van der Waals surface area contributed by atoms with Crippen LogP contribution in [0.15, 0.2) is 23.1 Å². The highest BCUT2D eigenvalue weighted by Crippen LogP contribution is 2.29. The van der Waals surface area contributed by atoms with Crippen LogP contribution >= 0.6 is 12.4 Å². The summed E-state index contributed by atoms with van der Waals surface area (Å²) in [5.41, 5.74) is 0.362. The molecule has 1 heterocycles. The molecule has 25 heavy (non-hydrogen) atoms. The van der Waals surface area contributed by atoms with Crippen LogP contribution in [0, 0.1) is 0 Å². The Morgan fingerprint density at radius 1 is 1.36 bits per heavy atom. The average Bonchev–Trinajstić information content (AvgIpc) is 3.37. The van der Waals surface area contributed by atoms with Gasteiger partial charge < -0.3 is 15.0 Å². The summed E-state index contributed by atoms with van der Waals surface area (Å²) in [4.78, 5) is 14.6. The summed E-state index contributed by atoms with van der Waals surface area (Å²) in [7, 11) is -2.28. The first-order valence-electron chi connectivity index (χ1n) is 8.14. The van der Waals surface area contributed by atoms with E-state index in [4.69, 9.17) is 4.74 Å². The first-order chi connectivity index (χ1) is 11.4. The van der Waals surface area contributed by atoms with Crippen LogP contribution < -0.4 is 14.8 Å². The van der Waals surface area contributed by atoms with Crippen molar-refractivity contribution >= 4 is 28.3 Å². The topological polar surface area (TPSA) is 87.7 Å². The Bertz CT molecular complexity index is 737. The molecule has 7 nitrogen and oxygen atoms in total. The molecular weight excluding hydrogens is 366 g/mol. The molecule has 0 aromatic heterocycles. The Balaban J connectivity index is 0.00000225. The van der Waals surface area contributed by atoms with E-state index in [0.29, 0.717) is 12.1 Å². The van der Waals surface area contributed by atoms with Crippen LogP contribution in [-0.4, -0.2) is 58.1 Å². The van der Waals surface area contributed by atoms with Crippen molar-refractivity contribution in [3.63, 3.8) is 0 Å². The molecule has 0 unspecified atom stereocenters. The second-order valence-electron chi connectivity index (χ2n) is 6.31. The van der Waals surface area contributed by atoms with E-state index in [1.54, 1.807) is 17.0 Å². The third-order valence-corrected chi connectivity index (χ3v) is 5.90. The van der Waals surface area contributed by atoms with Gasteiger partial charge in [-0.05, 0) is 38.0 Å². The monoisotopic (exact) mass is 389 g/mol. The molecule has 1 aromatic rings. The molecule has 140 valence electrons. The highest BCUT2D eigenvalue weighted by Gasteiger charge is 2.31. The number of nitrogens with zero attached hydrogens (tertiary/aromatic N) is 1. The zero-order valence-electron chi connectivity index (χ0n) is 14.3. The maximum atomic E-state index is 12.8. The maximum absolute atomic E-state index is 12.8.